The Bertz CT molecular complexity index is 655. The Hall–Kier alpha value is -0.960. The largest absolute Gasteiger partial charge is 0.478 e. The topological polar surface area (TPSA) is 98.1 Å². The number of aliphatic hydroxyl groups is 1. The lowest BCUT2D eigenvalue weighted by Crippen LogP contribution is -2.62. The van der Waals surface area contributed by atoms with E-state index in [0.29, 0.717) is 12.1 Å². The fourth-order valence-electron chi connectivity index (χ4n) is 4.20. The third kappa shape index (κ3) is 10.0. The van der Waals surface area contributed by atoms with Crippen LogP contribution in [-0.2, 0) is 9.59 Å². The summed E-state index contributed by atoms with van der Waals surface area (Å²) in [5.74, 6) is 1.71. The van der Waals surface area contributed by atoms with E-state index in [9.17, 15) is 14.7 Å². The second-order valence-corrected chi connectivity index (χ2v) is 12.2. The van der Waals surface area contributed by atoms with Crippen molar-refractivity contribution in [2.75, 3.05) is 23.8 Å². The van der Waals surface area contributed by atoms with Crippen LogP contribution in [0.25, 0.3) is 0 Å². The fraction of sp³-hybridized carbons (Fsp3) is 0.739. The Morgan fingerprint density at radius 3 is 2.03 bits per heavy atom. The minimum Gasteiger partial charge on any atom is -0.478 e. The predicted octanol–water partition coefficient (Wildman–Crippen LogP) is 4.14. The van der Waals surface area contributed by atoms with Crippen LogP contribution in [0.2, 0.25) is 0 Å². The molecule has 0 amide bonds. The number of carbonyl (C=O) groups is 2. The summed E-state index contributed by atoms with van der Waals surface area (Å²) in [6.45, 7) is 15.8. The molecule has 0 spiro atoms. The van der Waals surface area contributed by atoms with Crippen molar-refractivity contribution in [1.29, 1.82) is 0 Å². The average Bonchev–Trinajstić information content (AvgIpc) is 3.42. The van der Waals surface area contributed by atoms with Crippen LogP contribution in [0.15, 0.2) is 23.8 Å². The lowest BCUT2D eigenvalue weighted by molar-refractivity contribution is -0.133. The number of aliphatic carboxylic acids is 2. The van der Waals surface area contributed by atoms with Gasteiger partial charge in [-0.1, -0.05) is 12.7 Å². The molecule has 2 saturated heterocycles. The molecule has 0 saturated carbocycles. The number of carboxylic acid groups (broad SMARTS) is 2. The number of nitrogens with zero attached hydrogens (tertiary/aromatic N) is 1. The van der Waals surface area contributed by atoms with Crippen LogP contribution in [0.3, 0.4) is 0 Å². The molecule has 0 aromatic rings. The van der Waals surface area contributed by atoms with Gasteiger partial charge < -0.3 is 15.3 Å². The summed E-state index contributed by atoms with van der Waals surface area (Å²) in [4.78, 5) is 23.2. The van der Waals surface area contributed by atoms with E-state index in [1.54, 1.807) is 6.92 Å². The number of aliphatic hydroxyl groups excluding tert-OH is 1. The van der Waals surface area contributed by atoms with E-state index < -0.39 is 11.9 Å². The SMILES string of the molecule is C=C(C)C(=O)O.CC(=CC1CC(C)(C)N(CC(O)CSCC2CS2)C(C)(C)C1)C(=O)O. The van der Waals surface area contributed by atoms with Crippen molar-refractivity contribution in [3.63, 3.8) is 0 Å². The Morgan fingerprint density at radius 1 is 1.16 bits per heavy atom. The second-order valence-electron chi connectivity index (χ2n) is 9.79. The highest BCUT2D eigenvalue weighted by atomic mass is 32.2. The Kier molecular flexibility index (Phi) is 10.7. The Labute approximate surface area is 195 Å². The molecule has 2 heterocycles. The third-order valence-electron chi connectivity index (χ3n) is 5.58. The van der Waals surface area contributed by atoms with Crippen molar-refractivity contribution in [1.82, 2.24) is 4.90 Å². The maximum atomic E-state index is 11.1. The molecule has 0 aromatic heterocycles. The van der Waals surface area contributed by atoms with Crippen molar-refractivity contribution >= 4 is 35.5 Å². The number of thioether (sulfide) groups is 2. The fourth-order valence-corrected chi connectivity index (χ4v) is 6.17. The normalized spacial score (nSPS) is 24.0. The van der Waals surface area contributed by atoms with Crippen molar-refractivity contribution < 1.29 is 24.9 Å². The number of carboxylic acids is 2. The van der Waals surface area contributed by atoms with Crippen molar-refractivity contribution in [2.24, 2.45) is 5.92 Å². The minimum absolute atomic E-state index is 0.0698. The van der Waals surface area contributed by atoms with E-state index in [1.165, 1.54) is 12.7 Å². The van der Waals surface area contributed by atoms with E-state index in [1.807, 2.05) is 29.6 Å². The van der Waals surface area contributed by atoms with Gasteiger partial charge in [-0.05, 0) is 60.3 Å². The van der Waals surface area contributed by atoms with Gasteiger partial charge in [-0.25, -0.2) is 9.59 Å². The molecular weight excluding hydrogens is 434 g/mol. The highest BCUT2D eigenvalue weighted by molar-refractivity contribution is 8.08. The van der Waals surface area contributed by atoms with Gasteiger partial charge in [0.05, 0.1) is 6.10 Å². The zero-order chi connectivity index (χ0) is 24.0. The van der Waals surface area contributed by atoms with E-state index in [-0.39, 0.29) is 28.7 Å². The van der Waals surface area contributed by atoms with Gasteiger partial charge in [0.15, 0.2) is 0 Å². The second kappa shape index (κ2) is 11.8. The van der Waals surface area contributed by atoms with E-state index >= 15 is 0 Å². The molecule has 2 rings (SSSR count). The van der Waals surface area contributed by atoms with E-state index in [2.05, 4.69) is 39.2 Å². The number of hydrogen-bond donors (Lipinski definition) is 3. The van der Waals surface area contributed by atoms with E-state index in [0.717, 1.165) is 29.6 Å². The molecule has 2 atom stereocenters. The maximum absolute atomic E-state index is 11.1. The molecule has 0 bridgehead atoms. The molecule has 3 N–H and O–H groups in total. The van der Waals surface area contributed by atoms with Gasteiger partial charge in [0.2, 0.25) is 0 Å². The first-order valence-electron chi connectivity index (χ1n) is 10.6. The van der Waals surface area contributed by atoms with Crippen LogP contribution in [0.1, 0.15) is 54.4 Å². The minimum atomic E-state index is -0.935. The summed E-state index contributed by atoms with van der Waals surface area (Å²) in [7, 11) is 0. The first-order chi connectivity index (χ1) is 14.2. The molecule has 2 aliphatic rings. The summed E-state index contributed by atoms with van der Waals surface area (Å²) in [5.41, 5.74) is 0.466. The van der Waals surface area contributed by atoms with Crippen LogP contribution in [0.5, 0.6) is 0 Å². The molecule has 0 aliphatic carbocycles. The number of allylic oxidation sites excluding steroid dienone is 1. The van der Waals surface area contributed by atoms with Gasteiger partial charge in [-0.3, -0.25) is 4.90 Å². The van der Waals surface area contributed by atoms with Gasteiger partial charge in [-0.2, -0.15) is 23.5 Å². The van der Waals surface area contributed by atoms with Crippen LogP contribution in [0.4, 0.5) is 0 Å². The number of likely N-dealkylation sites (tertiary alicyclic amines) is 1. The third-order valence-corrected chi connectivity index (χ3v) is 8.02. The molecule has 178 valence electrons. The van der Waals surface area contributed by atoms with Crippen LogP contribution in [-0.4, -0.2) is 78.4 Å². The molecular formula is C23H39NO5S2. The van der Waals surface area contributed by atoms with Crippen molar-refractivity contribution in [3.8, 4) is 0 Å². The Morgan fingerprint density at radius 2 is 1.65 bits per heavy atom. The number of β-amino-alcohol motifs (C(OH)–C–C–N with tert-alkyl or cyclic N) is 1. The summed E-state index contributed by atoms with van der Waals surface area (Å²) < 4.78 is 0. The van der Waals surface area contributed by atoms with Gasteiger partial charge >= 0.3 is 11.9 Å². The average molecular weight is 474 g/mol. The lowest BCUT2D eigenvalue weighted by atomic mass is 9.73. The smallest absolute Gasteiger partial charge is 0.330 e. The molecule has 0 radical (unpaired) electrons. The Balaban J connectivity index is 0.000000703. The number of hydrogen-bond acceptors (Lipinski definition) is 6. The molecule has 2 fully saturated rings. The van der Waals surface area contributed by atoms with E-state index in [4.69, 9.17) is 10.2 Å². The van der Waals surface area contributed by atoms with Crippen molar-refractivity contribution in [2.45, 2.75) is 76.8 Å². The zero-order valence-electron chi connectivity index (χ0n) is 19.7. The molecule has 2 unspecified atom stereocenters. The number of rotatable bonds is 9. The van der Waals surface area contributed by atoms with Gasteiger partial charge in [0.1, 0.15) is 0 Å². The maximum Gasteiger partial charge on any atom is 0.330 e. The molecule has 31 heavy (non-hydrogen) atoms. The van der Waals surface area contributed by atoms with Crippen molar-refractivity contribution in [3.05, 3.63) is 23.8 Å². The first-order valence-corrected chi connectivity index (χ1v) is 12.8. The van der Waals surface area contributed by atoms with Crippen LogP contribution < -0.4 is 0 Å². The molecule has 0 aromatic carbocycles. The predicted molar refractivity (Wildman–Crippen MR) is 131 cm³/mol. The van der Waals surface area contributed by atoms with Crippen LogP contribution >= 0.6 is 23.5 Å². The number of piperidine rings is 1. The highest BCUT2D eigenvalue weighted by Gasteiger charge is 2.45. The molecule has 8 heteroatoms. The van der Waals surface area contributed by atoms with Gasteiger partial charge in [0, 0.05) is 51.3 Å². The summed E-state index contributed by atoms with van der Waals surface area (Å²) in [5, 5.41) is 28.4. The zero-order valence-corrected chi connectivity index (χ0v) is 21.3. The monoisotopic (exact) mass is 473 g/mol. The highest BCUT2D eigenvalue weighted by Crippen LogP contribution is 2.42. The van der Waals surface area contributed by atoms with Gasteiger partial charge in [0.25, 0.3) is 0 Å². The summed E-state index contributed by atoms with van der Waals surface area (Å²) in [6, 6.07) is 0. The molecule has 6 nitrogen and oxygen atoms in total. The van der Waals surface area contributed by atoms with Gasteiger partial charge in [-0.15, -0.1) is 0 Å². The standard InChI is InChI=1S/C19H33NO3S2.C4H6O2/c1-13(17(22)23)6-14-7-18(2,3)20(19(4,5)8-14)9-15(21)10-24-11-16-12-25-16;1-3(2)4(5)6/h6,14-16,21H,7-12H2,1-5H3,(H,22,23);1H2,2H3,(H,5,6). The summed E-state index contributed by atoms with van der Waals surface area (Å²) >= 11 is 3.86. The lowest BCUT2D eigenvalue weighted by Gasteiger charge is -2.55. The molecule has 2 aliphatic heterocycles. The summed E-state index contributed by atoms with van der Waals surface area (Å²) in [6.07, 6.45) is 3.43. The van der Waals surface area contributed by atoms with Crippen LogP contribution in [0, 0.1) is 5.92 Å². The first kappa shape index (κ1) is 28.1. The quantitative estimate of drug-likeness (QED) is 0.339.